The average molecular weight is 241 g/mol. The first-order valence-electron chi connectivity index (χ1n) is 5.34. The molecular weight excluding hydrogens is 222 g/mol. The van der Waals surface area contributed by atoms with Crippen LogP contribution >= 0.6 is 0 Å². The van der Waals surface area contributed by atoms with Gasteiger partial charge in [0.25, 0.3) is 0 Å². The van der Waals surface area contributed by atoms with E-state index in [0.29, 0.717) is 0 Å². The zero-order valence-corrected chi connectivity index (χ0v) is 10.9. The highest BCUT2D eigenvalue weighted by molar-refractivity contribution is 6.01. The largest absolute Gasteiger partial charge is 0.455 e. The monoisotopic (exact) mass is 241 g/mol. The molecule has 0 spiro atoms. The number of esters is 1. The summed E-state index contributed by atoms with van der Waals surface area (Å²) < 4.78 is 5.09. The van der Waals surface area contributed by atoms with Crippen molar-refractivity contribution in [3.63, 3.8) is 0 Å². The van der Waals surface area contributed by atoms with E-state index in [4.69, 9.17) is 4.74 Å². The molecule has 0 fully saturated rings. The molecule has 0 aromatic carbocycles. The number of hydrogen-bond donors (Lipinski definition) is 1. The third kappa shape index (κ3) is 7.27. The van der Waals surface area contributed by atoms with Crippen molar-refractivity contribution in [2.45, 2.75) is 46.6 Å². The van der Waals surface area contributed by atoms with Crippen molar-refractivity contribution in [1.82, 2.24) is 5.32 Å². The molecule has 0 radical (unpaired) electrons. The Hall–Kier alpha value is -1.65. The Balaban J connectivity index is 4.51. The van der Waals surface area contributed by atoms with Gasteiger partial charge in [0.1, 0.15) is 17.1 Å². The summed E-state index contributed by atoms with van der Waals surface area (Å²) in [7, 11) is 0. The zero-order chi connectivity index (χ0) is 13.6. The topological polar surface area (TPSA) is 72.5 Å². The first-order chi connectivity index (χ1) is 7.65. The summed E-state index contributed by atoms with van der Waals surface area (Å²) in [4.78, 5) is 33.7. The van der Waals surface area contributed by atoms with Gasteiger partial charge in [0.15, 0.2) is 0 Å². The Kier molecular flexibility index (Phi) is 5.58. The number of nitrogens with one attached hydrogen (secondary N) is 1. The summed E-state index contributed by atoms with van der Waals surface area (Å²) in [6.45, 7) is 8.11. The van der Waals surface area contributed by atoms with Gasteiger partial charge in [-0.3, -0.25) is 9.59 Å². The fraction of sp³-hybridized carbons (Fsp3) is 0.583. The molecule has 5 heteroatoms. The fourth-order valence-corrected chi connectivity index (χ4v) is 0.995. The number of rotatable bonds is 4. The van der Waals surface area contributed by atoms with Crippen LogP contribution in [0.25, 0.3) is 0 Å². The van der Waals surface area contributed by atoms with E-state index in [9.17, 15) is 14.4 Å². The van der Waals surface area contributed by atoms with Crippen molar-refractivity contribution in [3.05, 3.63) is 11.8 Å². The van der Waals surface area contributed by atoms with E-state index in [-0.39, 0.29) is 17.9 Å². The lowest BCUT2D eigenvalue weighted by atomic mass is 10.2. The molecule has 0 rings (SSSR count). The average Bonchev–Trinajstić information content (AvgIpc) is 2.09. The lowest BCUT2D eigenvalue weighted by Gasteiger charge is -2.20. The van der Waals surface area contributed by atoms with Gasteiger partial charge in [0.2, 0.25) is 5.91 Å². The van der Waals surface area contributed by atoms with Crippen molar-refractivity contribution < 1.29 is 19.1 Å². The van der Waals surface area contributed by atoms with Crippen LogP contribution in [0.4, 0.5) is 0 Å². The maximum Gasteiger partial charge on any atom is 0.354 e. The third-order valence-corrected chi connectivity index (χ3v) is 1.59. The van der Waals surface area contributed by atoms with Gasteiger partial charge in [-0.1, -0.05) is 6.08 Å². The van der Waals surface area contributed by atoms with Crippen LogP contribution in [0.3, 0.4) is 0 Å². The summed E-state index contributed by atoms with van der Waals surface area (Å²) in [5.74, 6) is -1.39. The molecule has 0 bridgehead atoms. The van der Waals surface area contributed by atoms with E-state index in [0.717, 1.165) is 0 Å². The van der Waals surface area contributed by atoms with E-state index < -0.39 is 17.5 Å². The summed E-state index contributed by atoms with van der Waals surface area (Å²) in [5, 5.41) is 2.35. The zero-order valence-electron chi connectivity index (χ0n) is 10.9. The Labute approximate surface area is 101 Å². The second kappa shape index (κ2) is 6.18. The lowest BCUT2D eigenvalue weighted by molar-refractivity contribution is -0.151. The molecule has 0 atom stereocenters. The fourth-order valence-electron chi connectivity index (χ4n) is 0.995. The molecule has 1 amide bonds. The number of ketones is 1. The number of carbonyl (C=O) groups excluding carboxylic acids is 3. The highest BCUT2D eigenvalue weighted by atomic mass is 16.6. The number of ether oxygens (including phenoxy) is 1. The molecule has 0 aliphatic carbocycles. The standard InChI is InChI=1S/C12H19NO4/c1-6-9(11(16)17-12(3,4)5)13-10(15)7-8(2)14/h6H,7H2,1-5H3,(H,13,15)/b9-6-. The van der Waals surface area contributed by atoms with Gasteiger partial charge >= 0.3 is 5.97 Å². The van der Waals surface area contributed by atoms with Crippen molar-refractivity contribution in [2.75, 3.05) is 0 Å². The predicted octanol–water partition coefficient (Wildman–Crippen LogP) is 1.33. The van der Waals surface area contributed by atoms with Crippen LogP contribution in [0.5, 0.6) is 0 Å². The van der Waals surface area contributed by atoms with E-state index >= 15 is 0 Å². The maximum atomic E-state index is 11.6. The van der Waals surface area contributed by atoms with Crippen molar-refractivity contribution in [1.29, 1.82) is 0 Å². The maximum absolute atomic E-state index is 11.6. The molecule has 0 saturated heterocycles. The van der Waals surface area contributed by atoms with Gasteiger partial charge in [-0.2, -0.15) is 0 Å². The van der Waals surface area contributed by atoms with Gasteiger partial charge in [-0.15, -0.1) is 0 Å². The summed E-state index contributed by atoms with van der Waals surface area (Å²) in [6.07, 6.45) is 1.19. The first kappa shape index (κ1) is 15.3. The molecule has 0 unspecified atom stereocenters. The van der Waals surface area contributed by atoms with Gasteiger partial charge < -0.3 is 10.1 Å². The minimum Gasteiger partial charge on any atom is -0.455 e. The van der Waals surface area contributed by atoms with Crippen molar-refractivity contribution in [2.24, 2.45) is 0 Å². The summed E-state index contributed by atoms with van der Waals surface area (Å²) >= 11 is 0. The molecule has 96 valence electrons. The normalized spacial score (nSPS) is 11.9. The van der Waals surface area contributed by atoms with Gasteiger partial charge in [0, 0.05) is 0 Å². The molecule has 0 saturated carbocycles. The number of hydrogen-bond acceptors (Lipinski definition) is 4. The molecule has 0 aromatic heterocycles. The van der Waals surface area contributed by atoms with E-state index in [1.807, 2.05) is 0 Å². The van der Waals surface area contributed by atoms with Crippen LogP contribution in [0.1, 0.15) is 41.0 Å². The van der Waals surface area contributed by atoms with Gasteiger partial charge in [0.05, 0.1) is 6.42 Å². The van der Waals surface area contributed by atoms with Gasteiger partial charge in [-0.25, -0.2) is 4.79 Å². The Morgan fingerprint density at radius 3 is 2.12 bits per heavy atom. The number of amides is 1. The van der Waals surface area contributed by atoms with Crippen molar-refractivity contribution in [3.8, 4) is 0 Å². The van der Waals surface area contributed by atoms with Crippen LogP contribution in [0.15, 0.2) is 11.8 Å². The molecule has 0 heterocycles. The second-order valence-corrected chi connectivity index (χ2v) is 4.63. The summed E-state index contributed by atoms with van der Waals surface area (Å²) in [6, 6.07) is 0. The molecule has 5 nitrogen and oxygen atoms in total. The minimum atomic E-state index is -0.628. The Morgan fingerprint density at radius 1 is 1.24 bits per heavy atom. The molecule has 0 aliphatic rings. The van der Waals surface area contributed by atoms with Crippen molar-refractivity contribution >= 4 is 17.7 Å². The second-order valence-electron chi connectivity index (χ2n) is 4.63. The van der Waals surface area contributed by atoms with E-state index in [1.165, 1.54) is 13.0 Å². The minimum absolute atomic E-state index is 0.0474. The van der Waals surface area contributed by atoms with Crippen LogP contribution < -0.4 is 5.32 Å². The molecular formula is C12H19NO4. The highest BCUT2D eigenvalue weighted by Gasteiger charge is 2.20. The van der Waals surface area contributed by atoms with Gasteiger partial charge in [-0.05, 0) is 34.6 Å². The first-order valence-corrected chi connectivity index (χ1v) is 5.34. The van der Waals surface area contributed by atoms with E-state index in [1.54, 1.807) is 27.7 Å². The number of Topliss-reactive ketones (excluding diaryl/α,β-unsaturated/α-hetero) is 1. The third-order valence-electron chi connectivity index (χ3n) is 1.59. The van der Waals surface area contributed by atoms with Crippen LogP contribution in [-0.2, 0) is 19.1 Å². The summed E-state index contributed by atoms with van der Waals surface area (Å²) in [5.41, 5.74) is -0.581. The molecule has 1 N–H and O–H groups in total. The van der Waals surface area contributed by atoms with Crippen LogP contribution in [-0.4, -0.2) is 23.3 Å². The lowest BCUT2D eigenvalue weighted by Crippen LogP contribution is -2.33. The van der Waals surface area contributed by atoms with E-state index in [2.05, 4.69) is 5.32 Å². The number of allylic oxidation sites excluding steroid dienone is 1. The highest BCUT2D eigenvalue weighted by Crippen LogP contribution is 2.09. The molecule has 17 heavy (non-hydrogen) atoms. The SMILES string of the molecule is C/C=C(\NC(=O)CC(C)=O)C(=O)OC(C)(C)C. The molecule has 0 aliphatic heterocycles. The molecule has 0 aromatic rings. The Bertz CT molecular complexity index is 350. The van der Waals surface area contributed by atoms with Crippen LogP contribution in [0, 0.1) is 0 Å². The van der Waals surface area contributed by atoms with Crippen LogP contribution in [0.2, 0.25) is 0 Å². The quantitative estimate of drug-likeness (QED) is 0.458. The predicted molar refractivity (Wildman–Crippen MR) is 63.0 cm³/mol. The Morgan fingerprint density at radius 2 is 1.76 bits per heavy atom. The smallest absolute Gasteiger partial charge is 0.354 e. The number of carbonyl (C=O) groups is 3.